The van der Waals surface area contributed by atoms with Crippen LogP contribution in [0.3, 0.4) is 0 Å². The van der Waals surface area contributed by atoms with Crippen molar-refractivity contribution in [1.29, 1.82) is 0 Å². The van der Waals surface area contributed by atoms with Crippen molar-refractivity contribution in [3.8, 4) is 17.5 Å². The molecule has 0 amide bonds. The predicted molar refractivity (Wildman–Crippen MR) is 61.4 cm³/mol. The zero-order valence-electron chi connectivity index (χ0n) is 7.73. The van der Waals surface area contributed by atoms with E-state index in [9.17, 15) is 9.90 Å². The van der Waals surface area contributed by atoms with Crippen molar-refractivity contribution >= 4 is 22.6 Å². The third-order valence-corrected chi connectivity index (χ3v) is 2.85. The maximum Gasteiger partial charge on any atom is 0.268 e. The molecular weight excluding hydrogens is 311 g/mol. The molecule has 0 saturated carbocycles. The molecule has 6 nitrogen and oxygen atoms in total. The Labute approximate surface area is 98.1 Å². The van der Waals surface area contributed by atoms with Crippen LogP contribution in [0.1, 0.15) is 0 Å². The molecule has 0 aliphatic rings. The zero-order chi connectivity index (χ0) is 11.0. The summed E-state index contributed by atoms with van der Waals surface area (Å²) in [5, 5.41) is 9.39. The van der Waals surface area contributed by atoms with Crippen molar-refractivity contribution in [3.63, 3.8) is 0 Å². The Kier molecular flexibility index (Phi) is 2.47. The lowest BCUT2D eigenvalue weighted by Gasteiger charge is -2.01. The Morgan fingerprint density at radius 1 is 1.60 bits per heavy atom. The average Bonchev–Trinajstić information content (AvgIpc) is 2.60. The third kappa shape index (κ3) is 1.74. The van der Waals surface area contributed by atoms with Crippen molar-refractivity contribution in [2.45, 2.75) is 0 Å². The van der Waals surface area contributed by atoms with Gasteiger partial charge in [0.25, 0.3) is 5.56 Å². The number of imidazole rings is 1. The summed E-state index contributed by atoms with van der Waals surface area (Å²) in [7, 11) is 1.78. The fraction of sp³-hybridized carbons (Fsp3) is 0.125. The van der Waals surface area contributed by atoms with Crippen molar-refractivity contribution in [3.05, 3.63) is 26.3 Å². The van der Waals surface area contributed by atoms with E-state index < -0.39 is 0 Å². The van der Waals surface area contributed by atoms with Crippen LogP contribution in [0, 0.1) is 3.57 Å². The van der Waals surface area contributed by atoms with Gasteiger partial charge in [-0.1, -0.05) is 0 Å². The summed E-state index contributed by atoms with van der Waals surface area (Å²) >= 11 is 1.73. The van der Waals surface area contributed by atoms with E-state index in [1.54, 1.807) is 46.6 Å². The summed E-state index contributed by atoms with van der Waals surface area (Å²) in [5.74, 6) is 0.474. The van der Waals surface area contributed by atoms with Crippen molar-refractivity contribution in [2.24, 2.45) is 7.05 Å². The molecule has 0 radical (unpaired) electrons. The number of aryl methyl sites for hydroxylation is 1. The van der Waals surface area contributed by atoms with Gasteiger partial charge in [-0.05, 0) is 22.6 Å². The summed E-state index contributed by atoms with van der Waals surface area (Å²) in [6.45, 7) is 0. The first kappa shape index (κ1) is 10.1. The molecule has 0 saturated heterocycles. The number of hydrogen-bond donors (Lipinski definition) is 2. The largest absolute Gasteiger partial charge is 0.492 e. The minimum absolute atomic E-state index is 0.172. The molecule has 2 rings (SSSR count). The summed E-state index contributed by atoms with van der Waals surface area (Å²) in [4.78, 5) is 21.8. The Hall–Kier alpha value is -1.38. The molecule has 0 bridgehead atoms. The summed E-state index contributed by atoms with van der Waals surface area (Å²) < 4.78 is 1.87. The molecule has 0 spiro atoms. The quantitative estimate of drug-likeness (QED) is 0.749. The first-order valence-corrected chi connectivity index (χ1v) is 5.14. The Morgan fingerprint density at radius 3 is 2.87 bits per heavy atom. The highest BCUT2D eigenvalue weighted by Gasteiger charge is 2.11. The van der Waals surface area contributed by atoms with Gasteiger partial charge in [0, 0.05) is 19.4 Å². The van der Waals surface area contributed by atoms with Crippen LogP contribution in [0.2, 0.25) is 0 Å². The lowest BCUT2D eigenvalue weighted by Crippen LogP contribution is -2.13. The van der Waals surface area contributed by atoms with Gasteiger partial charge in [-0.15, -0.1) is 0 Å². The highest BCUT2D eigenvalue weighted by molar-refractivity contribution is 14.1. The summed E-state index contributed by atoms with van der Waals surface area (Å²) in [6.07, 6.45) is 3.31. The van der Waals surface area contributed by atoms with Crippen LogP contribution >= 0.6 is 22.6 Å². The van der Waals surface area contributed by atoms with Crippen LogP contribution in [-0.4, -0.2) is 24.6 Å². The van der Waals surface area contributed by atoms with Crippen LogP contribution in [-0.2, 0) is 7.05 Å². The highest BCUT2D eigenvalue weighted by atomic mass is 127. The van der Waals surface area contributed by atoms with Crippen molar-refractivity contribution in [2.75, 3.05) is 0 Å². The lowest BCUT2D eigenvalue weighted by atomic mass is 10.5. The minimum Gasteiger partial charge on any atom is -0.492 e. The van der Waals surface area contributed by atoms with Crippen molar-refractivity contribution < 1.29 is 5.11 Å². The molecule has 2 aromatic rings. The van der Waals surface area contributed by atoms with E-state index in [0.717, 1.165) is 0 Å². The number of aromatic hydroxyl groups is 1. The SMILES string of the molecule is Cn1ccnc1-c1nc(O)c(I)c(=O)[nH]1. The fourth-order valence-corrected chi connectivity index (χ4v) is 1.40. The van der Waals surface area contributed by atoms with Gasteiger partial charge >= 0.3 is 0 Å². The molecule has 15 heavy (non-hydrogen) atoms. The second-order valence-corrected chi connectivity index (χ2v) is 3.99. The van der Waals surface area contributed by atoms with E-state index in [4.69, 9.17) is 0 Å². The Balaban J connectivity index is 2.66. The summed E-state index contributed by atoms with van der Waals surface area (Å²) in [6, 6.07) is 0. The first-order chi connectivity index (χ1) is 7.09. The number of hydrogen-bond acceptors (Lipinski definition) is 4. The monoisotopic (exact) mass is 318 g/mol. The minimum atomic E-state index is -0.374. The van der Waals surface area contributed by atoms with Crippen LogP contribution in [0.25, 0.3) is 11.6 Å². The van der Waals surface area contributed by atoms with E-state index in [2.05, 4.69) is 15.0 Å². The topological polar surface area (TPSA) is 83.8 Å². The van der Waals surface area contributed by atoms with Gasteiger partial charge in [-0.3, -0.25) is 4.79 Å². The number of halogens is 1. The number of H-pyrrole nitrogens is 1. The normalized spacial score (nSPS) is 10.5. The predicted octanol–water partition coefficient (Wildman–Crippen LogP) is 0.481. The molecule has 0 unspecified atom stereocenters. The maximum absolute atomic E-state index is 11.4. The third-order valence-electron chi connectivity index (χ3n) is 1.88. The van der Waals surface area contributed by atoms with Crippen LogP contribution in [0.5, 0.6) is 5.88 Å². The number of nitrogens with zero attached hydrogens (tertiary/aromatic N) is 3. The standard InChI is InChI=1S/C8H7IN4O2/c1-13-3-2-10-6(13)5-11-7(14)4(9)8(15)12-5/h2-3H,1H3,(H2,11,12,14,15). The molecule has 2 heterocycles. The molecule has 2 N–H and O–H groups in total. The van der Waals surface area contributed by atoms with Gasteiger partial charge in [-0.25, -0.2) is 4.98 Å². The van der Waals surface area contributed by atoms with E-state index in [-0.39, 0.29) is 20.8 Å². The van der Waals surface area contributed by atoms with Gasteiger partial charge in [-0.2, -0.15) is 4.98 Å². The molecular formula is C8H7IN4O2. The lowest BCUT2D eigenvalue weighted by molar-refractivity contribution is 0.447. The molecule has 0 aliphatic carbocycles. The smallest absolute Gasteiger partial charge is 0.268 e. The average molecular weight is 318 g/mol. The van der Waals surface area contributed by atoms with E-state index in [1.807, 2.05) is 0 Å². The van der Waals surface area contributed by atoms with Gasteiger partial charge in [0.05, 0.1) is 0 Å². The highest BCUT2D eigenvalue weighted by Crippen LogP contribution is 2.16. The van der Waals surface area contributed by atoms with Crippen molar-refractivity contribution in [1.82, 2.24) is 19.5 Å². The van der Waals surface area contributed by atoms with E-state index in [0.29, 0.717) is 5.82 Å². The van der Waals surface area contributed by atoms with Crippen LogP contribution < -0.4 is 5.56 Å². The summed E-state index contributed by atoms with van der Waals surface area (Å²) in [5.41, 5.74) is -0.374. The van der Waals surface area contributed by atoms with Gasteiger partial charge in [0.2, 0.25) is 5.88 Å². The molecule has 78 valence electrons. The van der Waals surface area contributed by atoms with Gasteiger partial charge in [0.1, 0.15) is 3.57 Å². The maximum atomic E-state index is 11.4. The van der Waals surface area contributed by atoms with E-state index in [1.165, 1.54) is 0 Å². The number of aromatic amines is 1. The Bertz CT molecular complexity index is 560. The fourth-order valence-electron chi connectivity index (χ4n) is 1.15. The van der Waals surface area contributed by atoms with Gasteiger partial charge < -0.3 is 14.7 Å². The molecule has 0 aliphatic heterocycles. The molecule has 0 atom stereocenters. The molecule has 7 heteroatoms. The zero-order valence-corrected chi connectivity index (χ0v) is 9.89. The number of nitrogens with one attached hydrogen (secondary N) is 1. The van der Waals surface area contributed by atoms with Crippen LogP contribution in [0.4, 0.5) is 0 Å². The number of rotatable bonds is 1. The van der Waals surface area contributed by atoms with E-state index >= 15 is 0 Å². The molecule has 2 aromatic heterocycles. The van der Waals surface area contributed by atoms with Gasteiger partial charge in [0.15, 0.2) is 11.6 Å². The molecule has 0 aromatic carbocycles. The molecule has 0 fully saturated rings. The first-order valence-electron chi connectivity index (χ1n) is 4.06. The van der Waals surface area contributed by atoms with Crippen LogP contribution in [0.15, 0.2) is 17.2 Å². The second-order valence-electron chi connectivity index (χ2n) is 2.91. The second kappa shape index (κ2) is 3.65. The Morgan fingerprint density at radius 2 is 2.33 bits per heavy atom. The number of aromatic nitrogens is 4.